The van der Waals surface area contributed by atoms with Gasteiger partial charge in [0.15, 0.2) is 0 Å². The van der Waals surface area contributed by atoms with E-state index in [2.05, 4.69) is 36.9 Å². The molecule has 1 fully saturated rings. The zero-order chi connectivity index (χ0) is 21.3. The van der Waals surface area contributed by atoms with Crippen molar-refractivity contribution in [2.75, 3.05) is 17.2 Å². The van der Waals surface area contributed by atoms with Crippen LogP contribution in [-0.4, -0.2) is 53.5 Å². The van der Waals surface area contributed by atoms with Gasteiger partial charge in [0.1, 0.15) is 30.2 Å². The normalized spacial score (nSPS) is 28.3. The molecule has 1 saturated carbocycles. The number of aliphatic hydroxyl groups is 2. The third kappa shape index (κ3) is 4.71. The Bertz CT molecular complexity index is 1000. The summed E-state index contributed by atoms with van der Waals surface area (Å²) in [5, 5.41) is 31.6. The maximum Gasteiger partial charge on any atom is 0.333 e. The molecule has 0 saturated heterocycles. The van der Waals surface area contributed by atoms with Crippen LogP contribution in [-0.2, 0) is 20.9 Å². The number of nitrogens with two attached hydrogens (primary N) is 1. The number of aryl methyl sites for hydroxylation is 1. The number of aliphatic hydroxyl groups excluding tert-OH is 2. The van der Waals surface area contributed by atoms with Gasteiger partial charge in [-0.2, -0.15) is 8.42 Å². The highest BCUT2D eigenvalue weighted by Crippen LogP contribution is 2.33. The molecule has 0 aliphatic heterocycles. The van der Waals surface area contributed by atoms with Crippen molar-refractivity contribution in [3.8, 4) is 0 Å². The largest absolute Gasteiger partial charge is 0.390 e. The topological polar surface area (TPSA) is 160 Å². The lowest BCUT2D eigenvalue weighted by molar-refractivity contribution is -0.0151. The first-order valence-corrected chi connectivity index (χ1v) is 11.2. The third-order valence-corrected chi connectivity index (χ3v) is 6.19. The smallest absolute Gasteiger partial charge is 0.333 e. The standard InChI is InChI=1S/C19H25N5O5S/c20-30(27,28)29-15-7-12(18(25)19(15)26)9-21-16-8-17(23-10-22-16)24-14-6-5-11-3-1-2-4-13(11)14/h1-4,8,10,12,14-15,18-19,25-26H,5-7,9H2,(H2,20,27,28)(H2,21,22,23,24)/t12-,14-,15+,18-,19+/m0/s1. The van der Waals surface area contributed by atoms with E-state index in [1.54, 1.807) is 6.07 Å². The minimum absolute atomic E-state index is 0.140. The van der Waals surface area contributed by atoms with Crippen LogP contribution in [0.25, 0.3) is 0 Å². The number of hydrogen-bond acceptors (Lipinski definition) is 9. The van der Waals surface area contributed by atoms with Crippen LogP contribution in [0.1, 0.15) is 30.0 Å². The number of anilines is 2. The SMILES string of the molecule is NS(=O)(=O)O[C@@H]1C[C@@H](CNc2cc(N[C@H]3CCc4ccccc43)ncn2)[C@H](O)[C@@H]1O. The quantitative estimate of drug-likeness (QED) is 0.412. The third-order valence-electron chi connectivity index (χ3n) is 5.67. The van der Waals surface area contributed by atoms with Crippen molar-refractivity contribution in [3.63, 3.8) is 0 Å². The highest BCUT2D eigenvalue weighted by atomic mass is 32.2. The van der Waals surface area contributed by atoms with Gasteiger partial charge in [-0.3, -0.25) is 4.18 Å². The zero-order valence-electron chi connectivity index (χ0n) is 16.2. The molecule has 0 unspecified atom stereocenters. The molecule has 0 amide bonds. The van der Waals surface area contributed by atoms with Crippen molar-refractivity contribution in [2.45, 2.75) is 43.6 Å². The number of benzene rings is 1. The summed E-state index contributed by atoms with van der Waals surface area (Å²) in [7, 11) is -4.21. The van der Waals surface area contributed by atoms with E-state index in [1.807, 2.05) is 12.1 Å². The molecule has 30 heavy (non-hydrogen) atoms. The van der Waals surface area contributed by atoms with E-state index < -0.39 is 34.5 Å². The fourth-order valence-electron chi connectivity index (χ4n) is 4.20. The number of rotatable bonds is 7. The fourth-order valence-corrected chi connectivity index (χ4v) is 4.74. The molecule has 2 aliphatic carbocycles. The molecule has 5 atom stereocenters. The summed E-state index contributed by atoms with van der Waals surface area (Å²) >= 11 is 0. The molecule has 11 heteroatoms. The Morgan fingerprint density at radius 3 is 2.73 bits per heavy atom. The Morgan fingerprint density at radius 1 is 1.17 bits per heavy atom. The predicted molar refractivity (Wildman–Crippen MR) is 110 cm³/mol. The summed E-state index contributed by atoms with van der Waals surface area (Å²) in [6.45, 7) is 0.269. The van der Waals surface area contributed by atoms with Gasteiger partial charge >= 0.3 is 10.3 Å². The van der Waals surface area contributed by atoms with E-state index in [-0.39, 0.29) is 19.0 Å². The molecule has 1 aromatic carbocycles. The van der Waals surface area contributed by atoms with Gasteiger partial charge in [-0.25, -0.2) is 15.1 Å². The molecule has 0 bridgehead atoms. The minimum atomic E-state index is -4.21. The molecule has 10 nitrogen and oxygen atoms in total. The summed E-state index contributed by atoms with van der Waals surface area (Å²) in [5.41, 5.74) is 2.61. The number of nitrogens with one attached hydrogen (secondary N) is 2. The van der Waals surface area contributed by atoms with Gasteiger partial charge in [0.05, 0.1) is 12.1 Å². The molecule has 2 aliphatic rings. The highest BCUT2D eigenvalue weighted by molar-refractivity contribution is 7.84. The van der Waals surface area contributed by atoms with Gasteiger partial charge in [0.2, 0.25) is 0 Å². The molecule has 0 spiro atoms. The van der Waals surface area contributed by atoms with E-state index in [1.165, 1.54) is 17.5 Å². The van der Waals surface area contributed by atoms with Crippen molar-refractivity contribution in [2.24, 2.45) is 11.1 Å². The zero-order valence-corrected chi connectivity index (χ0v) is 17.0. The van der Waals surface area contributed by atoms with Crippen molar-refractivity contribution in [3.05, 3.63) is 47.8 Å². The summed E-state index contributed by atoms with van der Waals surface area (Å²) in [6, 6.07) is 10.3. The molecule has 1 heterocycles. The van der Waals surface area contributed by atoms with Crippen LogP contribution < -0.4 is 15.8 Å². The number of hydrogen-bond donors (Lipinski definition) is 5. The Balaban J connectivity index is 1.36. The lowest BCUT2D eigenvalue weighted by atomic mass is 10.1. The maximum atomic E-state index is 11.1. The first kappa shape index (κ1) is 20.9. The van der Waals surface area contributed by atoms with Gasteiger partial charge in [-0.1, -0.05) is 24.3 Å². The van der Waals surface area contributed by atoms with E-state index in [9.17, 15) is 18.6 Å². The first-order chi connectivity index (χ1) is 14.3. The Hall–Kier alpha value is -2.31. The van der Waals surface area contributed by atoms with E-state index in [4.69, 9.17) is 5.14 Å². The van der Waals surface area contributed by atoms with Gasteiger partial charge in [0.25, 0.3) is 0 Å². The molecular weight excluding hydrogens is 410 g/mol. The second-order valence-electron chi connectivity index (χ2n) is 7.71. The minimum Gasteiger partial charge on any atom is -0.390 e. The summed E-state index contributed by atoms with van der Waals surface area (Å²) in [6.07, 6.45) is 0.0436. The molecule has 4 rings (SSSR count). The fraction of sp³-hybridized carbons (Fsp3) is 0.474. The number of nitrogens with zero attached hydrogens (tertiary/aromatic N) is 2. The van der Waals surface area contributed by atoms with Crippen LogP contribution >= 0.6 is 0 Å². The molecule has 6 N–H and O–H groups in total. The molecule has 0 radical (unpaired) electrons. The van der Waals surface area contributed by atoms with Gasteiger partial charge in [-0.05, 0) is 30.4 Å². The van der Waals surface area contributed by atoms with Crippen molar-refractivity contribution in [1.29, 1.82) is 0 Å². The summed E-state index contributed by atoms with van der Waals surface area (Å²) < 4.78 is 26.9. The lowest BCUT2D eigenvalue weighted by Gasteiger charge is -2.18. The second-order valence-corrected chi connectivity index (χ2v) is 8.89. The Morgan fingerprint density at radius 2 is 1.93 bits per heavy atom. The van der Waals surface area contributed by atoms with Crippen LogP contribution in [0.4, 0.5) is 11.6 Å². The van der Waals surface area contributed by atoms with E-state index in [0.29, 0.717) is 11.6 Å². The number of aromatic nitrogens is 2. The van der Waals surface area contributed by atoms with Crippen LogP contribution in [0.3, 0.4) is 0 Å². The lowest BCUT2D eigenvalue weighted by Crippen LogP contribution is -2.35. The molecule has 2 aromatic rings. The second kappa shape index (κ2) is 8.44. The van der Waals surface area contributed by atoms with Crippen LogP contribution in [0.5, 0.6) is 0 Å². The van der Waals surface area contributed by atoms with Crippen molar-refractivity contribution in [1.82, 2.24) is 9.97 Å². The molecule has 162 valence electrons. The van der Waals surface area contributed by atoms with Crippen LogP contribution in [0.15, 0.2) is 36.7 Å². The average molecular weight is 436 g/mol. The van der Waals surface area contributed by atoms with E-state index in [0.717, 1.165) is 12.8 Å². The number of fused-ring (bicyclic) bond motifs is 1. The van der Waals surface area contributed by atoms with Crippen LogP contribution in [0, 0.1) is 5.92 Å². The van der Waals surface area contributed by atoms with E-state index >= 15 is 0 Å². The van der Waals surface area contributed by atoms with Crippen molar-refractivity contribution < 1.29 is 22.8 Å². The predicted octanol–water partition coefficient (Wildman–Crippen LogP) is 0.318. The molecular formula is C19H25N5O5S. The summed E-state index contributed by atoms with van der Waals surface area (Å²) in [4.78, 5) is 8.47. The van der Waals surface area contributed by atoms with Gasteiger partial charge in [-0.15, -0.1) is 0 Å². The highest BCUT2D eigenvalue weighted by Gasteiger charge is 2.43. The van der Waals surface area contributed by atoms with Crippen LogP contribution in [0.2, 0.25) is 0 Å². The Kier molecular flexibility index (Phi) is 5.89. The molecule has 1 aromatic heterocycles. The maximum absolute atomic E-state index is 11.1. The Labute approximate surface area is 174 Å². The average Bonchev–Trinajstić information content (AvgIpc) is 3.22. The monoisotopic (exact) mass is 435 g/mol. The van der Waals surface area contributed by atoms with Crippen molar-refractivity contribution >= 4 is 21.9 Å². The van der Waals surface area contributed by atoms with Gasteiger partial charge in [0, 0.05) is 18.5 Å². The van der Waals surface area contributed by atoms with Gasteiger partial charge < -0.3 is 20.8 Å². The first-order valence-electron chi connectivity index (χ1n) is 9.77. The summed E-state index contributed by atoms with van der Waals surface area (Å²) in [5.74, 6) is 0.799.